The quantitative estimate of drug-likeness (QED) is 0.657. The van der Waals surface area contributed by atoms with Gasteiger partial charge in [-0.15, -0.1) is 0 Å². The van der Waals surface area contributed by atoms with Crippen LogP contribution in [-0.4, -0.2) is 0 Å². The highest BCUT2D eigenvalue weighted by atomic mass is 79.9. The molecular weight excluding hydrogens is 250 g/mol. The molecule has 1 aromatic carbocycles. The summed E-state index contributed by atoms with van der Waals surface area (Å²) in [7, 11) is 0. The van der Waals surface area contributed by atoms with Gasteiger partial charge in [-0.3, -0.25) is 0 Å². The smallest absolute Gasteiger partial charge is 0.188 e. The molecule has 0 atom stereocenters. The Morgan fingerprint density at radius 3 is 2.00 bits per heavy atom. The zero-order chi connectivity index (χ0) is 11.0. The Morgan fingerprint density at radius 1 is 1.07 bits per heavy atom. The second-order valence-corrected chi connectivity index (χ2v) is 5.32. The zero-order valence-electron chi connectivity index (χ0n) is 8.44. The molecule has 1 rings (SSSR count). The van der Waals surface area contributed by atoms with Gasteiger partial charge < -0.3 is 0 Å². The molecule has 0 spiro atoms. The van der Waals surface area contributed by atoms with Gasteiger partial charge in [-0.2, -0.15) is 8.78 Å². The molecule has 0 nitrogen and oxygen atoms in total. The fourth-order valence-electron chi connectivity index (χ4n) is 1.16. The highest BCUT2D eigenvalue weighted by molar-refractivity contribution is 9.09. The first-order chi connectivity index (χ1) is 6.21. The Labute approximate surface area is 91.5 Å². The average Bonchev–Trinajstić information content (AvgIpc) is 2.01. The van der Waals surface area contributed by atoms with Crippen molar-refractivity contribution in [1.29, 1.82) is 0 Å². The first-order valence-electron chi connectivity index (χ1n) is 4.39. The summed E-state index contributed by atoms with van der Waals surface area (Å²) in [6, 6.07) is 6.48. The van der Waals surface area contributed by atoms with Crippen molar-refractivity contribution < 1.29 is 8.78 Å². The van der Waals surface area contributed by atoms with Crippen molar-refractivity contribution in [2.75, 3.05) is 0 Å². The fraction of sp³-hybridized carbons (Fsp3) is 0.455. The Morgan fingerprint density at radius 2 is 1.57 bits per heavy atom. The zero-order valence-corrected chi connectivity index (χ0v) is 10.0. The number of hydrogen-bond acceptors (Lipinski definition) is 0. The molecule has 0 aliphatic rings. The highest BCUT2D eigenvalue weighted by Crippen LogP contribution is 2.36. The number of benzene rings is 1. The van der Waals surface area contributed by atoms with Gasteiger partial charge in [0.05, 0.1) is 0 Å². The Hall–Kier alpha value is -0.440. The van der Waals surface area contributed by atoms with Crippen molar-refractivity contribution in [2.45, 2.75) is 31.0 Å². The molecule has 0 unspecified atom stereocenters. The van der Waals surface area contributed by atoms with Crippen LogP contribution in [-0.2, 0) is 10.2 Å². The van der Waals surface area contributed by atoms with Crippen LogP contribution in [0.5, 0.6) is 0 Å². The Bertz CT molecular complexity index is 292. The largest absolute Gasteiger partial charge is 0.326 e. The van der Waals surface area contributed by atoms with E-state index in [1.165, 1.54) is 12.1 Å². The first kappa shape index (κ1) is 11.6. The lowest BCUT2D eigenvalue weighted by Crippen LogP contribution is -2.13. The van der Waals surface area contributed by atoms with Crippen LogP contribution in [0.2, 0.25) is 0 Å². The van der Waals surface area contributed by atoms with E-state index in [2.05, 4.69) is 15.9 Å². The molecule has 0 fully saturated rings. The summed E-state index contributed by atoms with van der Waals surface area (Å²) >= 11 is 2.35. The van der Waals surface area contributed by atoms with E-state index in [-0.39, 0.29) is 11.0 Å². The molecule has 0 aliphatic heterocycles. The number of hydrogen-bond donors (Lipinski definition) is 0. The molecule has 3 heteroatoms. The van der Waals surface area contributed by atoms with Crippen molar-refractivity contribution in [3.63, 3.8) is 0 Å². The third kappa shape index (κ3) is 2.77. The van der Waals surface area contributed by atoms with E-state index >= 15 is 0 Å². The van der Waals surface area contributed by atoms with E-state index < -0.39 is 4.83 Å². The lowest BCUT2D eigenvalue weighted by atomic mass is 9.86. The van der Waals surface area contributed by atoms with Crippen molar-refractivity contribution in [3.8, 4) is 0 Å². The van der Waals surface area contributed by atoms with E-state index in [4.69, 9.17) is 0 Å². The molecule has 78 valence electrons. The molecule has 0 N–H and O–H groups in total. The maximum absolute atomic E-state index is 12.9. The molecule has 0 heterocycles. The van der Waals surface area contributed by atoms with Crippen molar-refractivity contribution in [1.82, 2.24) is 0 Å². The lowest BCUT2D eigenvalue weighted by Gasteiger charge is -2.20. The third-order valence-corrected chi connectivity index (χ3v) is 2.51. The summed E-state index contributed by atoms with van der Waals surface area (Å²) in [5.41, 5.74) is 0.813. The summed E-state index contributed by atoms with van der Waals surface area (Å²) < 4.78 is 25.9. The van der Waals surface area contributed by atoms with Crippen LogP contribution < -0.4 is 0 Å². The normalized spacial score (nSPS) is 13.0. The molecule has 0 bridgehead atoms. The minimum absolute atomic E-state index is 0.00456. The van der Waals surface area contributed by atoms with Gasteiger partial charge in [0.2, 0.25) is 0 Å². The minimum atomic E-state index is -2.94. The molecule has 0 saturated heterocycles. The SMILES string of the molecule is CC(C)(C)c1cccc(C(F)(F)Br)c1. The molecule has 0 saturated carbocycles. The van der Waals surface area contributed by atoms with E-state index in [9.17, 15) is 8.78 Å². The van der Waals surface area contributed by atoms with Gasteiger partial charge in [-0.1, -0.05) is 39.0 Å². The summed E-state index contributed by atoms with van der Waals surface area (Å²) in [4.78, 5) is -2.94. The molecule has 14 heavy (non-hydrogen) atoms. The van der Waals surface area contributed by atoms with Gasteiger partial charge in [0.25, 0.3) is 0 Å². The van der Waals surface area contributed by atoms with Gasteiger partial charge in [0, 0.05) is 5.56 Å². The summed E-state index contributed by atoms with van der Waals surface area (Å²) in [5.74, 6) is 0. The van der Waals surface area contributed by atoms with Crippen molar-refractivity contribution in [3.05, 3.63) is 35.4 Å². The Kier molecular flexibility index (Phi) is 3.00. The van der Waals surface area contributed by atoms with Gasteiger partial charge in [-0.25, -0.2) is 0 Å². The Balaban J connectivity index is 3.15. The standard InChI is InChI=1S/C11H13BrF2/c1-10(2,3)8-5-4-6-9(7-8)11(12,13)14/h4-7H,1-3H3. The molecule has 0 aliphatic carbocycles. The minimum Gasteiger partial charge on any atom is -0.188 e. The average molecular weight is 263 g/mol. The predicted octanol–water partition coefficient (Wildman–Crippen LogP) is 4.43. The molecule has 0 aromatic heterocycles. The van der Waals surface area contributed by atoms with Crippen LogP contribution in [0.25, 0.3) is 0 Å². The van der Waals surface area contributed by atoms with Gasteiger partial charge in [0.1, 0.15) is 0 Å². The maximum Gasteiger partial charge on any atom is 0.326 e. The lowest BCUT2D eigenvalue weighted by molar-refractivity contribution is 0.114. The summed E-state index contributed by atoms with van der Waals surface area (Å²) in [6.07, 6.45) is 0. The summed E-state index contributed by atoms with van der Waals surface area (Å²) in [6.45, 7) is 6.00. The molecule has 0 amide bonds. The number of alkyl halides is 3. The van der Waals surface area contributed by atoms with E-state index in [0.717, 1.165) is 5.56 Å². The van der Waals surface area contributed by atoms with Crippen LogP contribution in [0.1, 0.15) is 31.9 Å². The third-order valence-electron chi connectivity index (χ3n) is 2.06. The van der Waals surface area contributed by atoms with Crippen LogP contribution in [0.4, 0.5) is 8.78 Å². The highest BCUT2D eigenvalue weighted by Gasteiger charge is 2.28. The number of rotatable bonds is 1. The second kappa shape index (κ2) is 3.61. The second-order valence-electron chi connectivity index (χ2n) is 4.33. The molecule has 0 radical (unpaired) electrons. The van der Waals surface area contributed by atoms with Crippen LogP contribution in [0.3, 0.4) is 0 Å². The molecular formula is C11H13BrF2. The number of halogens is 3. The maximum atomic E-state index is 12.9. The van der Waals surface area contributed by atoms with E-state index in [1.807, 2.05) is 26.8 Å². The fourth-order valence-corrected chi connectivity index (χ4v) is 1.41. The van der Waals surface area contributed by atoms with Gasteiger partial charge in [-0.05, 0) is 33.0 Å². The first-order valence-corrected chi connectivity index (χ1v) is 5.18. The monoisotopic (exact) mass is 262 g/mol. The van der Waals surface area contributed by atoms with E-state index in [1.54, 1.807) is 6.07 Å². The van der Waals surface area contributed by atoms with E-state index in [0.29, 0.717) is 0 Å². The predicted molar refractivity (Wildman–Crippen MR) is 58.0 cm³/mol. The summed E-state index contributed by atoms with van der Waals surface area (Å²) in [5, 5.41) is 0. The van der Waals surface area contributed by atoms with Crippen LogP contribution in [0.15, 0.2) is 24.3 Å². The molecule has 1 aromatic rings. The van der Waals surface area contributed by atoms with Crippen LogP contribution in [0, 0.1) is 0 Å². The van der Waals surface area contributed by atoms with Gasteiger partial charge in [0.15, 0.2) is 0 Å². The van der Waals surface area contributed by atoms with Gasteiger partial charge >= 0.3 is 4.83 Å². The topological polar surface area (TPSA) is 0 Å². The van der Waals surface area contributed by atoms with Crippen LogP contribution >= 0.6 is 15.9 Å². The van der Waals surface area contributed by atoms with Crippen molar-refractivity contribution >= 4 is 15.9 Å². The van der Waals surface area contributed by atoms with Crippen molar-refractivity contribution in [2.24, 2.45) is 0 Å².